The van der Waals surface area contributed by atoms with Crippen LogP contribution in [0.15, 0.2) is 27.4 Å². The van der Waals surface area contributed by atoms with Gasteiger partial charge in [0, 0.05) is 29.5 Å². The van der Waals surface area contributed by atoms with Crippen LogP contribution in [0, 0.1) is 11.8 Å². The number of rotatable bonds is 2. The van der Waals surface area contributed by atoms with Crippen molar-refractivity contribution in [3.8, 4) is 11.5 Å². The van der Waals surface area contributed by atoms with E-state index >= 15 is 0 Å². The maximum Gasteiger partial charge on any atom is 0.336 e. The van der Waals surface area contributed by atoms with Crippen molar-refractivity contribution >= 4 is 16.8 Å². The van der Waals surface area contributed by atoms with Gasteiger partial charge in [0.1, 0.15) is 34.4 Å². The predicted molar refractivity (Wildman–Crippen MR) is 109 cm³/mol. The first-order valence-corrected chi connectivity index (χ1v) is 10.7. The number of ketones is 1. The molecule has 6 rings (SSSR count). The fourth-order valence-corrected chi connectivity index (χ4v) is 6.24. The maximum absolute atomic E-state index is 13.7. The zero-order chi connectivity index (χ0) is 21.2. The molecule has 30 heavy (non-hydrogen) atoms. The van der Waals surface area contributed by atoms with Crippen LogP contribution in [0.4, 0.5) is 0 Å². The van der Waals surface area contributed by atoms with E-state index in [-0.39, 0.29) is 23.5 Å². The van der Waals surface area contributed by atoms with Gasteiger partial charge in [0.05, 0.1) is 16.9 Å². The Morgan fingerprint density at radius 2 is 1.80 bits per heavy atom. The lowest BCUT2D eigenvalue weighted by Gasteiger charge is -2.58. The van der Waals surface area contributed by atoms with Crippen LogP contribution in [-0.2, 0) is 9.53 Å². The first-order valence-electron chi connectivity index (χ1n) is 10.7. The third-order valence-corrected chi connectivity index (χ3v) is 7.78. The van der Waals surface area contributed by atoms with Crippen LogP contribution in [0.1, 0.15) is 58.9 Å². The SMILES string of the molecule is CC1(C)Oc2cc3oc(=O)ccc3c3c2[C@H]2C1CC[C@@](C)(O3)[C@@H]2C(=O)[C@H]1OC1(C)C. The number of fused-ring (bicyclic) bond motifs is 3. The Balaban J connectivity index is 1.63. The van der Waals surface area contributed by atoms with E-state index < -0.39 is 28.5 Å². The van der Waals surface area contributed by atoms with Crippen molar-refractivity contribution in [3.05, 3.63) is 34.2 Å². The highest BCUT2D eigenvalue weighted by Crippen LogP contribution is 2.64. The summed E-state index contributed by atoms with van der Waals surface area (Å²) >= 11 is 0. The summed E-state index contributed by atoms with van der Waals surface area (Å²) in [6, 6.07) is 4.95. The lowest BCUT2D eigenvalue weighted by Crippen LogP contribution is -2.61. The molecule has 0 amide bonds. The molecular weight excluding hydrogens is 384 g/mol. The Labute approximate surface area is 174 Å². The normalized spacial score (nSPS) is 36.6. The highest BCUT2D eigenvalue weighted by Gasteiger charge is 2.66. The molecule has 6 heteroatoms. The molecule has 0 N–H and O–H groups in total. The summed E-state index contributed by atoms with van der Waals surface area (Å²) in [6.45, 7) is 10.1. The summed E-state index contributed by atoms with van der Waals surface area (Å²) in [5, 5.41) is 0.752. The summed E-state index contributed by atoms with van der Waals surface area (Å²) in [6.07, 6.45) is 1.29. The fraction of sp³-hybridized carbons (Fsp3) is 0.583. The fourth-order valence-electron chi connectivity index (χ4n) is 6.24. The molecule has 2 bridgehead atoms. The van der Waals surface area contributed by atoms with Crippen LogP contribution in [0.3, 0.4) is 0 Å². The number of epoxide rings is 1. The molecule has 1 aliphatic carbocycles. The largest absolute Gasteiger partial charge is 0.487 e. The Morgan fingerprint density at radius 1 is 1.07 bits per heavy atom. The van der Waals surface area contributed by atoms with Crippen molar-refractivity contribution in [2.75, 3.05) is 0 Å². The molecule has 1 saturated carbocycles. The molecule has 1 aromatic carbocycles. The predicted octanol–water partition coefficient (Wildman–Crippen LogP) is 3.97. The Hall–Kier alpha value is -2.34. The second kappa shape index (κ2) is 5.28. The van der Waals surface area contributed by atoms with Crippen molar-refractivity contribution in [3.63, 3.8) is 0 Å². The molecule has 4 heterocycles. The first-order chi connectivity index (χ1) is 14.0. The molecule has 158 valence electrons. The quantitative estimate of drug-likeness (QED) is 0.551. The summed E-state index contributed by atoms with van der Waals surface area (Å²) in [5.74, 6) is 1.34. The van der Waals surface area contributed by atoms with E-state index in [1.165, 1.54) is 6.07 Å². The third-order valence-electron chi connectivity index (χ3n) is 7.78. The Kier molecular flexibility index (Phi) is 3.24. The van der Waals surface area contributed by atoms with Gasteiger partial charge in [0.25, 0.3) is 0 Å². The smallest absolute Gasteiger partial charge is 0.336 e. The highest BCUT2D eigenvalue weighted by atomic mass is 16.6. The summed E-state index contributed by atoms with van der Waals surface area (Å²) in [7, 11) is 0. The number of carbonyl (C=O) groups is 1. The van der Waals surface area contributed by atoms with E-state index in [0.29, 0.717) is 17.1 Å². The van der Waals surface area contributed by atoms with E-state index in [2.05, 4.69) is 13.8 Å². The van der Waals surface area contributed by atoms with E-state index in [1.807, 2.05) is 20.8 Å². The molecule has 1 unspecified atom stereocenters. The maximum atomic E-state index is 13.7. The van der Waals surface area contributed by atoms with Gasteiger partial charge in [0.15, 0.2) is 5.78 Å². The Bertz CT molecular complexity index is 1170. The van der Waals surface area contributed by atoms with E-state index in [0.717, 1.165) is 23.8 Å². The van der Waals surface area contributed by atoms with Crippen LogP contribution in [0.2, 0.25) is 0 Å². The number of carbonyl (C=O) groups excluding carboxylic acids is 1. The summed E-state index contributed by atoms with van der Waals surface area (Å²) in [5.41, 5.74) is -0.523. The number of hydrogen-bond acceptors (Lipinski definition) is 6. The highest BCUT2D eigenvalue weighted by molar-refractivity contribution is 5.94. The van der Waals surface area contributed by atoms with Gasteiger partial charge in [-0.25, -0.2) is 4.79 Å². The molecule has 2 fully saturated rings. The van der Waals surface area contributed by atoms with Gasteiger partial charge in [-0.15, -0.1) is 0 Å². The van der Waals surface area contributed by atoms with Crippen molar-refractivity contribution < 1.29 is 23.4 Å². The van der Waals surface area contributed by atoms with Crippen LogP contribution < -0.4 is 15.1 Å². The standard InChI is InChI=1S/C24H26O6/c1-22(2)12-8-9-24(5)18(19(26)21-23(3,4)30-21)16(12)17-14(28-22)10-13-11(20(17)29-24)6-7-15(25)27-13/h6-7,10,12,16,18,21H,8-9H2,1-5H3/t12?,16-,18+,21-,24-/m1/s1. The molecule has 4 aliphatic rings. The van der Waals surface area contributed by atoms with Crippen LogP contribution in [0.25, 0.3) is 11.0 Å². The lowest BCUT2D eigenvalue weighted by atomic mass is 9.54. The monoisotopic (exact) mass is 410 g/mol. The van der Waals surface area contributed by atoms with Crippen LogP contribution >= 0.6 is 0 Å². The van der Waals surface area contributed by atoms with Crippen molar-refractivity contribution in [2.45, 2.75) is 76.3 Å². The third kappa shape index (κ3) is 2.23. The molecule has 0 radical (unpaired) electrons. The number of ether oxygens (including phenoxy) is 3. The minimum Gasteiger partial charge on any atom is -0.487 e. The number of Topliss-reactive ketones (excluding diaryl/α,β-unsaturated/α-hetero) is 1. The topological polar surface area (TPSA) is 78.3 Å². The van der Waals surface area contributed by atoms with Gasteiger partial charge in [-0.05, 0) is 53.5 Å². The number of benzene rings is 1. The molecule has 0 spiro atoms. The van der Waals surface area contributed by atoms with Crippen LogP contribution in [0.5, 0.6) is 11.5 Å². The summed E-state index contributed by atoms with van der Waals surface area (Å²) < 4.78 is 24.3. The van der Waals surface area contributed by atoms with Gasteiger partial charge < -0.3 is 18.6 Å². The van der Waals surface area contributed by atoms with Gasteiger partial charge in [-0.3, -0.25) is 4.79 Å². The van der Waals surface area contributed by atoms with Gasteiger partial charge in [0.2, 0.25) is 0 Å². The van der Waals surface area contributed by atoms with Crippen LogP contribution in [-0.4, -0.2) is 28.7 Å². The zero-order valence-corrected chi connectivity index (χ0v) is 17.9. The van der Waals surface area contributed by atoms with E-state index in [1.54, 1.807) is 12.1 Å². The molecule has 1 aromatic heterocycles. The minimum absolute atomic E-state index is 0.0184. The van der Waals surface area contributed by atoms with E-state index in [9.17, 15) is 9.59 Å². The van der Waals surface area contributed by atoms with Crippen molar-refractivity contribution in [2.24, 2.45) is 11.8 Å². The van der Waals surface area contributed by atoms with E-state index in [4.69, 9.17) is 18.6 Å². The van der Waals surface area contributed by atoms with Gasteiger partial charge in [-0.2, -0.15) is 0 Å². The van der Waals surface area contributed by atoms with Crippen molar-refractivity contribution in [1.82, 2.24) is 0 Å². The zero-order valence-electron chi connectivity index (χ0n) is 17.9. The molecule has 5 atom stereocenters. The van der Waals surface area contributed by atoms with Gasteiger partial charge in [-0.1, -0.05) is 0 Å². The van der Waals surface area contributed by atoms with Gasteiger partial charge >= 0.3 is 5.63 Å². The molecule has 1 saturated heterocycles. The Morgan fingerprint density at radius 3 is 2.50 bits per heavy atom. The average Bonchev–Trinajstić information content (AvgIpc) is 3.27. The number of hydrogen-bond donors (Lipinski definition) is 0. The summed E-state index contributed by atoms with van der Waals surface area (Å²) in [4.78, 5) is 25.5. The molecule has 6 nitrogen and oxygen atoms in total. The molecule has 3 aliphatic heterocycles. The lowest BCUT2D eigenvalue weighted by molar-refractivity contribution is -0.149. The minimum atomic E-state index is -0.637. The average molecular weight is 410 g/mol. The molecule has 2 aromatic rings. The second-order valence-corrected chi connectivity index (χ2v) is 10.6. The van der Waals surface area contributed by atoms with Crippen molar-refractivity contribution in [1.29, 1.82) is 0 Å². The first kappa shape index (κ1) is 18.4. The second-order valence-electron chi connectivity index (χ2n) is 10.6. The molecular formula is C24H26O6.